The fourth-order valence-electron chi connectivity index (χ4n) is 0.351. The van der Waals surface area contributed by atoms with Crippen LogP contribution in [0.1, 0.15) is 20.3 Å². The summed E-state index contributed by atoms with van der Waals surface area (Å²) in [6, 6.07) is 0. The summed E-state index contributed by atoms with van der Waals surface area (Å²) in [5, 5.41) is 0. The molecule has 0 aromatic rings. The van der Waals surface area contributed by atoms with Gasteiger partial charge in [0.1, 0.15) is 11.6 Å². The molecule has 0 rings (SSSR count). The van der Waals surface area contributed by atoms with E-state index in [9.17, 15) is 20.3 Å². The molecule has 0 aliphatic heterocycles. The van der Waals surface area contributed by atoms with E-state index in [1.165, 1.54) is 13.8 Å². The minimum absolute atomic E-state index is 0.0625. The van der Waals surface area contributed by atoms with Gasteiger partial charge in [-0.25, -0.2) is 0 Å². The van der Waals surface area contributed by atoms with Gasteiger partial charge >= 0.3 is 25.7 Å². The molecule has 0 bridgehead atoms. The van der Waals surface area contributed by atoms with Gasteiger partial charge in [-0.15, -0.1) is 0 Å². The number of halogens is 3. The van der Waals surface area contributed by atoms with Crippen LogP contribution in [0.3, 0.4) is 0 Å². The minimum atomic E-state index is -4.10. The molecular weight excluding hydrogens is 208 g/mol. The van der Waals surface area contributed by atoms with Gasteiger partial charge in [-0.3, -0.25) is 9.59 Å². The van der Waals surface area contributed by atoms with Crippen LogP contribution >= 0.6 is 0 Å². The first-order valence-corrected chi connectivity index (χ1v) is 3.67. The van der Waals surface area contributed by atoms with Crippen molar-refractivity contribution in [3.8, 4) is 0 Å². The third-order valence-electron chi connectivity index (χ3n) is 0.498. The predicted octanol–water partition coefficient (Wildman–Crippen LogP) is 1.81. The average Bonchev–Trinajstić information content (AvgIpc) is 1.56. The van der Waals surface area contributed by atoms with Gasteiger partial charge in [0.05, 0.1) is 6.42 Å². The van der Waals surface area contributed by atoms with Gasteiger partial charge in [-0.05, 0) is 13.8 Å². The fourth-order valence-corrected chi connectivity index (χ4v) is 0.351. The summed E-state index contributed by atoms with van der Waals surface area (Å²) in [6.45, 7) is 2.81. The molecule has 0 unspecified atom stereocenters. The van der Waals surface area contributed by atoms with Crippen molar-refractivity contribution in [3.63, 3.8) is 0 Å². The molecule has 0 atom stereocenters. The molecule has 0 radical (unpaired) electrons. The summed E-state index contributed by atoms with van der Waals surface area (Å²) in [5.41, 5.74) is 0. The summed E-state index contributed by atoms with van der Waals surface area (Å²) < 4.78 is 29.2. The molecule has 0 aromatic heterocycles. The second-order valence-corrected chi connectivity index (χ2v) is 2.17. The fraction of sp³-hybridized carbons (Fsp3) is 0.600. The van der Waals surface area contributed by atoms with Crippen LogP contribution in [0.4, 0.5) is 10.7 Å². The van der Waals surface area contributed by atoms with Gasteiger partial charge in [-0.2, -0.15) is 0 Å². The van der Waals surface area contributed by atoms with E-state index in [1.54, 1.807) is 0 Å². The van der Waals surface area contributed by atoms with Crippen LogP contribution in [0.25, 0.3) is 0 Å². The van der Waals surface area contributed by atoms with Crippen molar-refractivity contribution in [2.75, 3.05) is 0 Å². The molecule has 0 amide bonds. The van der Waals surface area contributed by atoms with Crippen molar-refractivity contribution in [1.29, 1.82) is 0 Å². The van der Waals surface area contributed by atoms with E-state index in [4.69, 9.17) is 0 Å². The van der Waals surface area contributed by atoms with Gasteiger partial charge in [-0.1, -0.05) is 0 Å². The number of ketones is 2. The van der Waals surface area contributed by atoms with Crippen molar-refractivity contribution >= 4 is 11.6 Å². The molecule has 6 heteroatoms. The first-order chi connectivity index (χ1) is 4.86. The summed E-state index contributed by atoms with van der Waals surface area (Å²) in [4.78, 5) is 20.1. The van der Waals surface area contributed by atoms with Gasteiger partial charge in [0.25, 0.3) is 0 Å². The van der Waals surface area contributed by atoms with E-state index < -0.39 is 15.0 Å². The zero-order valence-electron chi connectivity index (χ0n) is 5.99. The molecule has 11 heavy (non-hydrogen) atoms. The molecule has 0 N–H and O–H groups in total. The molecule has 0 heterocycles. The number of Topliss-reactive ketones (excluding diaryl/α,β-unsaturated/α-hetero) is 2. The van der Waals surface area contributed by atoms with Crippen LogP contribution in [0.15, 0.2) is 0 Å². The van der Waals surface area contributed by atoms with Crippen LogP contribution in [-0.4, -0.2) is 11.6 Å². The molecule has 0 aromatic carbocycles. The Hall–Kier alpha value is -0.364. The van der Waals surface area contributed by atoms with Crippen LogP contribution in [0.5, 0.6) is 0 Å². The zero-order chi connectivity index (χ0) is 9.44. The molecular formula is C5H8CoF3O2. The van der Waals surface area contributed by atoms with E-state index in [-0.39, 0.29) is 18.0 Å². The Morgan fingerprint density at radius 1 is 1.09 bits per heavy atom. The molecule has 0 fully saturated rings. The number of carbonyl (C=O) groups excluding carboxylic acids is 2. The van der Waals surface area contributed by atoms with Crippen molar-refractivity contribution < 1.29 is 35.3 Å². The number of hydrogen-bond acceptors (Lipinski definition) is 2. The number of hydrogen-bond donors (Lipinski definition) is 0. The standard InChI is InChI=1S/C5H8O2.Co.3FH/c1-4(6)3-5(2)7;;;;/h3H2,1-2H3;;3*1H/q;+3;;;/p-3. The number of carbonyl (C=O) groups is 2. The molecule has 0 spiro atoms. The Morgan fingerprint density at radius 3 is 1.27 bits per heavy atom. The monoisotopic (exact) mass is 216 g/mol. The summed E-state index contributed by atoms with van der Waals surface area (Å²) >= 11 is -4.10. The second-order valence-electron chi connectivity index (χ2n) is 1.72. The molecule has 0 aliphatic carbocycles. The Labute approximate surface area is 67.9 Å². The Balaban J connectivity index is 0. The zero-order valence-corrected chi connectivity index (χ0v) is 7.03. The van der Waals surface area contributed by atoms with E-state index in [1.807, 2.05) is 0 Å². The van der Waals surface area contributed by atoms with Crippen molar-refractivity contribution in [2.24, 2.45) is 0 Å². The van der Waals surface area contributed by atoms with E-state index in [0.717, 1.165) is 0 Å². The molecule has 2 nitrogen and oxygen atoms in total. The second kappa shape index (κ2) is 7.74. The maximum atomic E-state index is 10.0. The maximum absolute atomic E-state index is 10.0. The van der Waals surface area contributed by atoms with Gasteiger partial charge in [0.2, 0.25) is 0 Å². The van der Waals surface area contributed by atoms with Crippen molar-refractivity contribution in [1.82, 2.24) is 0 Å². The summed E-state index contributed by atoms with van der Waals surface area (Å²) in [5.74, 6) is -0.125. The van der Waals surface area contributed by atoms with Crippen molar-refractivity contribution in [2.45, 2.75) is 20.3 Å². The first-order valence-electron chi connectivity index (χ1n) is 2.49. The predicted molar refractivity (Wildman–Crippen MR) is 29.3 cm³/mol. The van der Waals surface area contributed by atoms with Crippen molar-refractivity contribution in [3.05, 3.63) is 0 Å². The summed E-state index contributed by atoms with van der Waals surface area (Å²) in [7, 11) is 0. The van der Waals surface area contributed by atoms with Gasteiger partial charge in [0.15, 0.2) is 0 Å². The average molecular weight is 216 g/mol. The van der Waals surface area contributed by atoms with Gasteiger partial charge in [0, 0.05) is 0 Å². The van der Waals surface area contributed by atoms with E-state index in [2.05, 4.69) is 0 Å². The normalized spacial score (nSPS) is 9.36. The Morgan fingerprint density at radius 2 is 1.27 bits per heavy atom. The SMILES string of the molecule is CC(=O)CC(C)=O.[F][Co]([F])[F]. The summed E-state index contributed by atoms with van der Waals surface area (Å²) in [6.07, 6.45) is 0.0833. The van der Waals surface area contributed by atoms with Crippen LogP contribution in [-0.2, 0) is 24.6 Å². The molecule has 0 saturated heterocycles. The van der Waals surface area contributed by atoms with Crippen LogP contribution in [0, 0.1) is 0 Å². The Kier molecular flexibility index (Phi) is 9.32. The molecule has 70 valence electrons. The quantitative estimate of drug-likeness (QED) is 0.659. The van der Waals surface area contributed by atoms with E-state index >= 15 is 0 Å². The first kappa shape index (κ1) is 13.2. The van der Waals surface area contributed by atoms with E-state index in [0.29, 0.717) is 0 Å². The number of rotatable bonds is 2. The van der Waals surface area contributed by atoms with Crippen LogP contribution in [0.2, 0.25) is 0 Å². The third kappa shape index (κ3) is 42.5. The third-order valence-corrected chi connectivity index (χ3v) is 0.498. The molecule has 0 saturated carbocycles. The van der Waals surface area contributed by atoms with Crippen LogP contribution < -0.4 is 0 Å². The topological polar surface area (TPSA) is 34.1 Å². The molecule has 0 aliphatic rings. The van der Waals surface area contributed by atoms with Gasteiger partial charge < -0.3 is 0 Å². The Bertz CT molecular complexity index is 123.